The summed E-state index contributed by atoms with van der Waals surface area (Å²) in [5, 5.41) is 13.6. The molecule has 1 aromatic carbocycles. The van der Waals surface area contributed by atoms with Crippen molar-refractivity contribution in [1.82, 2.24) is 10.0 Å². The average molecular weight is 423 g/mol. The van der Waals surface area contributed by atoms with Crippen molar-refractivity contribution in [2.24, 2.45) is 11.1 Å². The van der Waals surface area contributed by atoms with Gasteiger partial charge in [0.15, 0.2) is 4.90 Å². The van der Waals surface area contributed by atoms with Crippen LogP contribution in [0.5, 0.6) is 0 Å². The number of carbonyl (C=O) groups excluding carboxylic acids is 1. The van der Waals surface area contributed by atoms with E-state index >= 15 is 0 Å². The van der Waals surface area contributed by atoms with E-state index in [0.29, 0.717) is 26.1 Å². The van der Waals surface area contributed by atoms with Gasteiger partial charge in [0.05, 0.1) is 10.3 Å². The molecule has 0 bridgehead atoms. The second-order valence-electron chi connectivity index (χ2n) is 5.98. The summed E-state index contributed by atoms with van der Waals surface area (Å²) in [7, 11) is -4.07. The molecule has 0 aromatic heterocycles. The van der Waals surface area contributed by atoms with Crippen LogP contribution in [-0.4, -0.2) is 52.1 Å². The summed E-state index contributed by atoms with van der Waals surface area (Å²) in [6.07, 6.45) is 1.02. The second-order valence-corrected chi connectivity index (χ2v) is 7.71. The molecular weight excluding hydrogens is 400 g/mol. The van der Waals surface area contributed by atoms with Gasteiger partial charge in [0.1, 0.15) is 0 Å². The maximum Gasteiger partial charge on any atom is 0.289 e. The van der Waals surface area contributed by atoms with Gasteiger partial charge in [-0.3, -0.25) is 14.9 Å². The quantitative estimate of drug-likeness (QED) is 0.306. The third-order valence-electron chi connectivity index (χ3n) is 4.38. The Morgan fingerprint density at radius 3 is 2.48 bits per heavy atom. The van der Waals surface area contributed by atoms with E-state index in [1.807, 2.05) is 0 Å². The van der Waals surface area contributed by atoms with Gasteiger partial charge in [0, 0.05) is 38.9 Å². The molecule has 0 spiro atoms. The molecular formula is C15H23ClN4O6S. The van der Waals surface area contributed by atoms with Crippen molar-refractivity contribution in [3.05, 3.63) is 34.4 Å². The number of nitro groups is 1. The number of hydrogen-bond donors (Lipinski definition) is 3. The van der Waals surface area contributed by atoms with Crippen LogP contribution in [0.2, 0.25) is 0 Å². The van der Waals surface area contributed by atoms with Gasteiger partial charge >= 0.3 is 0 Å². The topological polar surface area (TPSA) is 154 Å². The number of carbonyl (C=O) groups is 1. The minimum atomic E-state index is -4.07. The predicted molar refractivity (Wildman–Crippen MR) is 100 cm³/mol. The summed E-state index contributed by atoms with van der Waals surface area (Å²) in [4.78, 5) is 22.2. The molecule has 1 aliphatic rings. The Bertz CT molecular complexity index is 767. The Hall–Kier alpha value is -1.79. The first kappa shape index (κ1) is 23.2. The third kappa shape index (κ3) is 5.59. The summed E-state index contributed by atoms with van der Waals surface area (Å²) in [5.74, 6) is -0.242. The van der Waals surface area contributed by atoms with Crippen molar-refractivity contribution in [2.75, 3.05) is 32.8 Å². The molecule has 1 aliphatic heterocycles. The fraction of sp³-hybridized carbons (Fsp3) is 0.533. The number of benzene rings is 1. The molecule has 0 saturated carbocycles. The van der Waals surface area contributed by atoms with E-state index in [4.69, 9.17) is 10.5 Å². The highest BCUT2D eigenvalue weighted by Crippen LogP contribution is 2.29. The molecule has 2 rings (SSSR count). The lowest BCUT2D eigenvalue weighted by Gasteiger charge is -2.34. The molecule has 1 fully saturated rings. The summed E-state index contributed by atoms with van der Waals surface area (Å²) in [6.45, 7) is 1.03. The van der Waals surface area contributed by atoms with Crippen LogP contribution in [-0.2, 0) is 19.6 Å². The fourth-order valence-electron chi connectivity index (χ4n) is 2.75. The Morgan fingerprint density at radius 2 is 1.89 bits per heavy atom. The van der Waals surface area contributed by atoms with Gasteiger partial charge in [0.2, 0.25) is 15.9 Å². The minimum absolute atomic E-state index is 0. The van der Waals surface area contributed by atoms with Gasteiger partial charge in [-0.2, -0.15) is 0 Å². The number of nitrogens with zero attached hydrogens (tertiary/aromatic N) is 1. The van der Waals surface area contributed by atoms with E-state index < -0.39 is 30.9 Å². The van der Waals surface area contributed by atoms with Crippen molar-refractivity contribution in [3.63, 3.8) is 0 Å². The molecule has 1 amide bonds. The molecule has 27 heavy (non-hydrogen) atoms. The Balaban J connectivity index is 0.00000364. The molecule has 0 unspecified atom stereocenters. The number of para-hydroxylation sites is 1. The van der Waals surface area contributed by atoms with E-state index in [-0.39, 0.29) is 37.9 Å². The van der Waals surface area contributed by atoms with E-state index in [1.54, 1.807) is 0 Å². The first-order chi connectivity index (χ1) is 12.3. The predicted octanol–water partition coefficient (Wildman–Crippen LogP) is 0.167. The molecule has 0 aliphatic carbocycles. The third-order valence-corrected chi connectivity index (χ3v) is 5.88. The van der Waals surface area contributed by atoms with Gasteiger partial charge in [-0.15, -0.1) is 12.4 Å². The van der Waals surface area contributed by atoms with Crippen molar-refractivity contribution in [3.8, 4) is 0 Å². The molecule has 4 N–H and O–H groups in total. The maximum atomic E-state index is 12.4. The lowest BCUT2D eigenvalue weighted by Crippen LogP contribution is -2.50. The highest BCUT2D eigenvalue weighted by molar-refractivity contribution is 7.89. The Morgan fingerprint density at radius 1 is 1.26 bits per heavy atom. The number of nitro benzene ring substituents is 1. The first-order valence-electron chi connectivity index (χ1n) is 8.12. The average Bonchev–Trinajstić information content (AvgIpc) is 2.65. The summed E-state index contributed by atoms with van der Waals surface area (Å²) in [5.41, 5.74) is 4.54. The van der Waals surface area contributed by atoms with E-state index in [2.05, 4.69) is 10.0 Å². The molecule has 0 atom stereocenters. The van der Waals surface area contributed by atoms with Crippen LogP contribution in [0, 0.1) is 15.5 Å². The Kier molecular flexibility index (Phi) is 8.57. The van der Waals surface area contributed by atoms with Crippen LogP contribution < -0.4 is 15.8 Å². The maximum absolute atomic E-state index is 12.4. The smallest absolute Gasteiger partial charge is 0.289 e. The van der Waals surface area contributed by atoms with Crippen LogP contribution in [0.3, 0.4) is 0 Å². The largest absolute Gasteiger partial charge is 0.381 e. The standard InChI is InChI=1S/C15H22N4O6S.ClH/c16-11-15(5-9-25-10-6-15)14(20)17-7-8-18-26(23,24)13-4-2-1-3-12(13)19(21)22;/h1-4,18H,5-11,16H2,(H,17,20);1H. The molecule has 1 heterocycles. The number of rotatable bonds is 8. The molecule has 1 aromatic rings. The van der Waals surface area contributed by atoms with E-state index in [0.717, 1.165) is 12.1 Å². The van der Waals surface area contributed by atoms with Gasteiger partial charge in [0.25, 0.3) is 5.69 Å². The molecule has 0 radical (unpaired) electrons. The highest BCUT2D eigenvalue weighted by atomic mass is 35.5. The summed E-state index contributed by atoms with van der Waals surface area (Å²) < 4.78 is 32.0. The lowest BCUT2D eigenvalue weighted by atomic mass is 9.79. The highest BCUT2D eigenvalue weighted by Gasteiger charge is 2.38. The molecule has 12 heteroatoms. The number of sulfonamides is 1. The minimum Gasteiger partial charge on any atom is -0.381 e. The number of amides is 1. The number of hydrogen-bond acceptors (Lipinski definition) is 7. The van der Waals surface area contributed by atoms with Crippen molar-refractivity contribution in [2.45, 2.75) is 17.7 Å². The molecule has 1 saturated heterocycles. The lowest BCUT2D eigenvalue weighted by molar-refractivity contribution is -0.387. The van der Waals surface area contributed by atoms with E-state index in [1.165, 1.54) is 12.1 Å². The van der Waals surface area contributed by atoms with Gasteiger partial charge in [-0.1, -0.05) is 12.1 Å². The zero-order chi connectivity index (χ0) is 19.2. The fourth-order valence-corrected chi connectivity index (χ4v) is 3.95. The molecule has 10 nitrogen and oxygen atoms in total. The van der Waals surface area contributed by atoms with Crippen LogP contribution in [0.25, 0.3) is 0 Å². The zero-order valence-electron chi connectivity index (χ0n) is 14.5. The summed E-state index contributed by atoms with van der Waals surface area (Å²) >= 11 is 0. The van der Waals surface area contributed by atoms with Gasteiger partial charge in [-0.05, 0) is 18.9 Å². The van der Waals surface area contributed by atoms with Crippen LogP contribution in [0.4, 0.5) is 5.69 Å². The normalized spacial score (nSPS) is 16.2. The first-order valence-corrected chi connectivity index (χ1v) is 9.60. The number of ether oxygens (including phenoxy) is 1. The zero-order valence-corrected chi connectivity index (χ0v) is 16.2. The van der Waals surface area contributed by atoms with Gasteiger partial charge in [-0.25, -0.2) is 13.1 Å². The SMILES string of the molecule is Cl.NCC1(C(=O)NCCNS(=O)(=O)c2ccccc2[N+](=O)[O-])CCOCC1. The number of nitrogens with one attached hydrogen (secondary N) is 2. The Labute approximate surface area is 163 Å². The number of nitrogens with two attached hydrogens (primary N) is 1. The van der Waals surface area contributed by atoms with Crippen LogP contribution in [0.15, 0.2) is 29.2 Å². The second kappa shape index (κ2) is 9.95. The number of halogens is 1. The van der Waals surface area contributed by atoms with Crippen LogP contribution in [0.1, 0.15) is 12.8 Å². The monoisotopic (exact) mass is 422 g/mol. The molecule has 152 valence electrons. The van der Waals surface area contributed by atoms with E-state index in [9.17, 15) is 23.3 Å². The van der Waals surface area contributed by atoms with Crippen molar-refractivity contribution < 1.29 is 22.9 Å². The van der Waals surface area contributed by atoms with Crippen LogP contribution >= 0.6 is 12.4 Å². The van der Waals surface area contributed by atoms with Crippen molar-refractivity contribution in [1.29, 1.82) is 0 Å². The van der Waals surface area contributed by atoms with Gasteiger partial charge < -0.3 is 15.8 Å². The summed E-state index contributed by atoms with van der Waals surface area (Å²) in [6, 6.07) is 5.06. The van der Waals surface area contributed by atoms with Crippen molar-refractivity contribution >= 4 is 34.0 Å².